The van der Waals surface area contributed by atoms with E-state index < -0.39 is 109 Å². The number of H-pyrrole nitrogens is 1. The molecule has 1 aromatic heterocycles. The Kier molecular flexibility index (Phi) is 23.5. The molecule has 0 aliphatic rings. The number of hydrogen-bond donors (Lipinski definition) is 16. The van der Waals surface area contributed by atoms with E-state index in [1.807, 2.05) is 0 Å². The molecule has 0 aliphatic carbocycles. The minimum atomic E-state index is -1.69. The molecule has 0 fully saturated rings. The number of aliphatic carboxylic acids is 1. The van der Waals surface area contributed by atoms with E-state index in [-0.39, 0.29) is 69.3 Å². The lowest BCUT2D eigenvalue weighted by atomic mass is 10.0. The van der Waals surface area contributed by atoms with E-state index >= 15 is 0 Å². The summed E-state index contributed by atoms with van der Waals surface area (Å²) >= 11 is 0. The summed E-state index contributed by atoms with van der Waals surface area (Å²) in [6.45, 7) is 3.21. The SMILES string of the molecule is CC(N)C(=O)NCC(=O)NC(CCCN=C(N)N)C(=O)NC(Cc1cnc[nH]1)C(=O)NC(C(=O)NC(CCCN=C(N)N)C(=O)NC(CO)C(=O)NC(Cc1ccc(O)cc1)C(=O)O)C(C)C. The molecule has 1 heterocycles. The predicted molar refractivity (Wildman–Crippen MR) is 242 cm³/mol. The number of aromatic amines is 1. The molecule has 2 rings (SSSR count). The van der Waals surface area contributed by atoms with Crippen molar-refractivity contribution in [2.45, 2.75) is 102 Å². The number of nitrogens with zero attached hydrogens (tertiary/aromatic N) is 3. The van der Waals surface area contributed by atoms with Gasteiger partial charge in [0.1, 0.15) is 42.0 Å². The third kappa shape index (κ3) is 20.9. The molecule has 27 heteroatoms. The van der Waals surface area contributed by atoms with Gasteiger partial charge in [0.25, 0.3) is 0 Å². The van der Waals surface area contributed by atoms with Crippen molar-refractivity contribution in [3.63, 3.8) is 0 Å². The Morgan fingerprint density at radius 3 is 1.67 bits per heavy atom. The third-order valence-electron chi connectivity index (χ3n) is 9.68. The summed E-state index contributed by atoms with van der Waals surface area (Å²) < 4.78 is 0. The number of phenols is 1. The van der Waals surface area contributed by atoms with Crippen LogP contribution in [0.25, 0.3) is 0 Å². The van der Waals surface area contributed by atoms with Gasteiger partial charge in [0.2, 0.25) is 41.4 Å². The van der Waals surface area contributed by atoms with E-state index in [1.54, 1.807) is 13.8 Å². The monoisotopic (exact) mass is 944 g/mol. The van der Waals surface area contributed by atoms with Gasteiger partial charge in [0, 0.05) is 37.8 Å². The maximum atomic E-state index is 14.1. The number of carboxylic acids is 1. The highest BCUT2D eigenvalue weighted by Crippen LogP contribution is 2.13. The molecule has 67 heavy (non-hydrogen) atoms. The zero-order valence-corrected chi connectivity index (χ0v) is 37.5. The minimum Gasteiger partial charge on any atom is -0.508 e. The van der Waals surface area contributed by atoms with Gasteiger partial charge in [0.05, 0.1) is 25.5 Å². The summed E-state index contributed by atoms with van der Waals surface area (Å²) in [4.78, 5) is 120. The number of aliphatic hydroxyl groups is 1. The fourth-order valence-electron chi connectivity index (χ4n) is 6.07. The Hall–Kier alpha value is -7.55. The molecule has 0 saturated heterocycles. The first-order valence-electron chi connectivity index (χ1n) is 21.2. The Morgan fingerprint density at radius 2 is 1.18 bits per heavy atom. The van der Waals surface area contributed by atoms with Crippen LogP contribution in [0.5, 0.6) is 5.75 Å². The summed E-state index contributed by atoms with van der Waals surface area (Å²) in [5.41, 5.74) is 28.1. The molecule has 0 aliphatic heterocycles. The first kappa shape index (κ1) is 55.6. The number of benzene rings is 1. The van der Waals surface area contributed by atoms with Crippen LogP contribution < -0.4 is 65.9 Å². The number of carbonyl (C=O) groups excluding carboxylic acids is 7. The van der Waals surface area contributed by atoms with Gasteiger partial charge in [0.15, 0.2) is 11.9 Å². The molecule has 370 valence electrons. The van der Waals surface area contributed by atoms with Gasteiger partial charge in [-0.1, -0.05) is 26.0 Å². The quantitative estimate of drug-likeness (QED) is 0.0205. The van der Waals surface area contributed by atoms with Crippen molar-refractivity contribution in [2.24, 2.45) is 44.6 Å². The molecule has 7 atom stereocenters. The fourth-order valence-corrected chi connectivity index (χ4v) is 6.07. The number of aromatic hydroxyl groups is 1. The van der Waals surface area contributed by atoms with Crippen LogP contribution in [-0.4, -0.2) is 153 Å². The van der Waals surface area contributed by atoms with E-state index in [4.69, 9.17) is 28.7 Å². The molecule has 1 aromatic carbocycles. The smallest absolute Gasteiger partial charge is 0.326 e. The average molecular weight is 945 g/mol. The molecule has 21 N–H and O–H groups in total. The van der Waals surface area contributed by atoms with E-state index in [1.165, 1.54) is 43.7 Å². The second kappa shape index (κ2) is 28.4. The summed E-state index contributed by atoms with van der Waals surface area (Å²) in [5.74, 6) is -8.54. The van der Waals surface area contributed by atoms with Crippen LogP contribution in [0.4, 0.5) is 0 Å². The average Bonchev–Trinajstić information content (AvgIpc) is 3.78. The van der Waals surface area contributed by atoms with Crippen molar-refractivity contribution in [3.8, 4) is 5.75 Å². The van der Waals surface area contributed by atoms with Crippen LogP contribution in [0.2, 0.25) is 0 Å². The molecule has 27 nitrogen and oxygen atoms in total. The van der Waals surface area contributed by atoms with Crippen molar-refractivity contribution in [1.29, 1.82) is 0 Å². The normalized spacial score (nSPS) is 14.0. The third-order valence-corrected chi connectivity index (χ3v) is 9.68. The van der Waals surface area contributed by atoms with E-state index in [0.29, 0.717) is 11.3 Å². The molecule has 0 spiro atoms. The number of aromatic nitrogens is 2. The Morgan fingerprint density at radius 1 is 0.672 bits per heavy atom. The fraction of sp³-hybridized carbons (Fsp3) is 0.525. The van der Waals surface area contributed by atoms with Crippen LogP contribution >= 0.6 is 0 Å². The highest BCUT2D eigenvalue weighted by molar-refractivity contribution is 5.97. The van der Waals surface area contributed by atoms with Crippen molar-refractivity contribution in [3.05, 3.63) is 48.0 Å². The number of guanidine groups is 2. The molecule has 2 aromatic rings. The minimum absolute atomic E-state index is 0.0139. The van der Waals surface area contributed by atoms with Crippen molar-refractivity contribution < 1.29 is 53.7 Å². The lowest BCUT2D eigenvalue weighted by Gasteiger charge is -2.28. The van der Waals surface area contributed by atoms with E-state index in [2.05, 4.69) is 57.2 Å². The molecular weight excluding hydrogens is 881 g/mol. The largest absolute Gasteiger partial charge is 0.508 e. The number of imidazole rings is 1. The zero-order valence-electron chi connectivity index (χ0n) is 37.5. The second-order valence-electron chi connectivity index (χ2n) is 15.7. The van der Waals surface area contributed by atoms with Crippen LogP contribution in [0.3, 0.4) is 0 Å². The predicted octanol–water partition coefficient (Wildman–Crippen LogP) is -5.89. The van der Waals surface area contributed by atoms with Gasteiger partial charge in [-0.25, -0.2) is 9.78 Å². The van der Waals surface area contributed by atoms with Gasteiger partial charge in [-0.05, 0) is 56.2 Å². The van der Waals surface area contributed by atoms with Gasteiger partial charge < -0.3 is 86.2 Å². The van der Waals surface area contributed by atoms with E-state index in [9.17, 15) is 53.7 Å². The number of aliphatic imine (C=N–C) groups is 2. The number of nitrogens with two attached hydrogens (primary N) is 5. The van der Waals surface area contributed by atoms with Gasteiger partial charge in [-0.3, -0.25) is 43.5 Å². The second-order valence-corrected chi connectivity index (χ2v) is 15.7. The topological polar surface area (TPSA) is 465 Å². The summed E-state index contributed by atoms with van der Waals surface area (Å²) in [5, 5.41) is 46.7. The zero-order chi connectivity index (χ0) is 50.2. The van der Waals surface area contributed by atoms with Gasteiger partial charge in [-0.15, -0.1) is 0 Å². The van der Waals surface area contributed by atoms with Crippen molar-refractivity contribution in [2.75, 3.05) is 26.2 Å². The lowest BCUT2D eigenvalue weighted by molar-refractivity contribution is -0.142. The number of amides is 7. The molecule has 0 bridgehead atoms. The number of nitrogens with one attached hydrogen (secondary N) is 8. The maximum Gasteiger partial charge on any atom is 0.326 e. The maximum absolute atomic E-state index is 14.1. The molecular formula is C40H64N16O11. The van der Waals surface area contributed by atoms with Crippen LogP contribution in [0.15, 0.2) is 46.8 Å². The van der Waals surface area contributed by atoms with Crippen molar-refractivity contribution in [1.82, 2.24) is 47.2 Å². The van der Waals surface area contributed by atoms with Gasteiger partial charge >= 0.3 is 5.97 Å². The Labute approximate surface area is 385 Å². The van der Waals surface area contributed by atoms with E-state index in [0.717, 1.165) is 0 Å². The lowest BCUT2D eigenvalue weighted by Crippen LogP contribution is -2.61. The highest BCUT2D eigenvalue weighted by atomic mass is 16.4. The molecule has 0 saturated carbocycles. The van der Waals surface area contributed by atoms with Crippen molar-refractivity contribution >= 4 is 59.2 Å². The number of rotatable bonds is 29. The summed E-state index contributed by atoms with van der Waals surface area (Å²) in [7, 11) is 0. The first-order chi connectivity index (χ1) is 31.6. The number of hydrogen-bond acceptors (Lipinski definition) is 14. The Balaban J connectivity index is 2.34. The van der Waals surface area contributed by atoms with Crippen LogP contribution in [0, 0.1) is 5.92 Å². The summed E-state index contributed by atoms with van der Waals surface area (Å²) in [6, 6.07) is -4.00. The standard InChI is InChI=1S/C40H64N16O11/c1-20(2)31(56-35(63)27(15-23-16-46-19-50-23)53-33(61)25(6-4-12-47-39(42)43)51-30(59)17-49-32(60)21(3)41)37(65)52-26(7-5-13-48-40(44)45)34(62)55-29(18-57)36(64)54-28(38(66)67)14-22-8-10-24(58)11-9-22/h8-11,16,19-21,25-29,31,57-58H,4-7,12-15,17-18,41H2,1-3H3,(H,46,50)(H,49,60)(H,51,59)(H,52,65)(H,53,61)(H,54,64)(H,55,62)(H,56,63)(H,66,67)(H4,42,43,47)(H4,44,45,48). The first-order valence-corrected chi connectivity index (χ1v) is 21.2. The number of phenolic OH excluding ortho intramolecular Hbond substituents is 1. The number of carboxylic acid groups (broad SMARTS) is 1. The molecule has 7 unspecified atom stereocenters. The highest BCUT2D eigenvalue weighted by Gasteiger charge is 2.34. The Bertz CT molecular complexity index is 2020. The van der Waals surface area contributed by atoms with Crippen LogP contribution in [0.1, 0.15) is 57.7 Å². The van der Waals surface area contributed by atoms with Crippen LogP contribution in [-0.2, 0) is 51.2 Å². The summed E-state index contributed by atoms with van der Waals surface area (Å²) in [6.07, 6.45) is 2.51. The number of aliphatic hydroxyl groups excluding tert-OH is 1. The molecule has 7 amide bonds. The van der Waals surface area contributed by atoms with Gasteiger partial charge in [-0.2, -0.15) is 0 Å². The molecule has 0 radical (unpaired) electrons. The number of carbonyl (C=O) groups is 8.